The summed E-state index contributed by atoms with van der Waals surface area (Å²) in [7, 11) is 0. The van der Waals surface area contributed by atoms with Gasteiger partial charge in [-0.05, 0) is 6.07 Å². The van der Waals surface area contributed by atoms with Crippen molar-refractivity contribution in [2.45, 2.75) is 30.6 Å². The number of phenols is 1. The highest BCUT2D eigenvalue weighted by atomic mass is 35.5. The zero-order chi connectivity index (χ0) is 18.0. The van der Waals surface area contributed by atoms with E-state index in [-0.39, 0.29) is 10.6 Å². The second kappa shape index (κ2) is 7.38. The lowest BCUT2D eigenvalue weighted by molar-refractivity contribution is -0.385. The van der Waals surface area contributed by atoms with Crippen LogP contribution in [-0.2, 0) is 4.74 Å². The van der Waals surface area contributed by atoms with Crippen molar-refractivity contribution in [2.24, 2.45) is 4.99 Å². The Morgan fingerprint density at radius 2 is 2.00 bits per heavy atom. The minimum atomic E-state index is -1.63. The Morgan fingerprint density at radius 3 is 2.58 bits per heavy atom. The topological polar surface area (TPSA) is 166 Å². The summed E-state index contributed by atoms with van der Waals surface area (Å²) >= 11 is 5.74. The second-order valence-electron chi connectivity index (χ2n) is 5.12. The number of aliphatic hydroxyl groups excluding tert-OH is 4. The molecule has 0 amide bonds. The first-order valence-electron chi connectivity index (χ1n) is 6.76. The van der Waals surface area contributed by atoms with Crippen LogP contribution in [0.15, 0.2) is 17.1 Å². The summed E-state index contributed by atoms with van der Waals surface area (Å²) in [5.41, 5.74) is -0.752. The number of phenolic OH excluding ortho intramolecular Hbond substituents is 1. The van der Waals surface area contributed by atoms with E-state index < -0.39 is 53.6 Å². The van der Waals surface area contributed by atoms with Gasteiger partial charge in [0.1, 0.15) is 24.4 Å². The molecule has 1 heterocycles. The Morgan fingerprint density at radius 1 is 1.33 bits per heavy atom. The molecule has 1 aliphatic heterocycles. The highest BCUT2D eigenvalue weighted by Crippen LogP contribution is 2.32. The standard InChI is InChI=1S/C13H15ClN2O8/c14-6-1-5(10(18)7(2-6)16(22)23)3-15-9-12(20)11(19)8(4-17)24-13(9)21/h1-3,8-9,11-13,17-21H,4H2/t8-,9-,11-,12-,13?/m1/s1. The smallest absolute Gasteiger partial charge is 0.312 e. The van der Waals surface area contributed by atoms with Crippen LogP contribution in [0.1, 0.15) is 5.56 Å². The van der Waals surface area contributed by atoms with E-state index in [4.69, 9.17) is 21.4 Å². The van der Waals surface area contributed by atoms with E-state index in [9.17, 15) is 30.5 Å². The lowest BCUT2D eigenvalue weighted by Crippen LogP contribution is -2.57. The van der Waals surface area contributed by atoms with Gasteiger partial charge in [0.2, 0.25) is 5.75 Å². The molecule has 1 aliphatic rings. The van der Waals surface area contributed by atoms with E-state index in [1.54, 1.807) is 0 Å². The van der Waals surface area contributed by atoms with Crippen molar-refractivity contribution in [3.8, 4) is 5.75 Å². The highest BCUT2D eigenvalue weighted by Gasteiger charge is 2.43. The van der Waals surface area contributed by atoms with Gasteiger partial charge >= 0.3 is 5.69 Å². The molecule has 24 heavy (non-hydrogen) atoms. The largest absolute Gasteiger partial charge is 0.502 e. The van der Waals surface area contributed by atoms with E-state index in [1.165, 1.54) is 6.07 Å². The molecule has 1 aromatic rings. The SMILES string of the molecule is O=[N+]([O-])c1cc(Cl)cc(C=N[C@H]2C(O)O[C@H](CO)[C@@H](O)[C@@H]2O)c1O. The van der Waals surface area contributed by atoms with Gasteiger partial charge in [-0.1, -0.05) is 11.6 Å². The van der Waals surface area contributed by atoms with Gasteiger partial charge in [0.05, 0.1) is 11.5 Å². The van der Waals surface area contributed by atoms with Gasteiger partial charge in [-0.2, -0.15) is 0 Å². The van der Waals surface area contributed by atoms with Crippen molar-refractivity contribution in [1.82, 2.24) is 0 Å². The maximum atomic E-state index is 10.8. The molecule has 1 aromatic carbocycles. The number of nitrogens with zero attached hydrogens (tertiary/aromatic N) is 2. The van der Waals surface area contributed by atoms with Gasteiger partial charge in [0, 0.05) is 22.9 Å². The molecule has 0 saturated carbocycles. The zero-order valence-corrected chi connectivity index (χ0v) is 12.8. The Labute approximate surface area is 140 Å². The molecule has 11 heteroatoms. The molecule has 0 spiro atoms. The predicted octanol–water partition coefficient (Wildman–Crippen LogP) is -0.827. The zero-order valence-electron chi connectivity index (χ0n) is 12.1. The van der Waals surface area contributed by atoms with Crippen molar-refractivity contribution in [3.63, 3.8) is 0 Å². The van der Waals surface area contributed by atoms with Crippen LogP contribution in [0, 0.1) is 10.1 Å². The summed E-state index contributed by atoms with van der Waals surface area (Å²) in [6, 6.07) is 0.820. The van der Waals surface area contributed by atoms with E-state index in [0.29, 0.717) is 0 Å². The molecule has 1 saturated heterocycles. The van der Waals surface area contributed by atoms with E-state index in [2.05, 4.69) is 4.99 Å². The maximum absolute atomic E-state index is 10.8. The Hall–Kier alpha value is -1.82. The van der Waals surface area contributed by atoms with Crippen LogP contribution in [0.4, 0.5) is 5.69 Å². The molecule has 1 unspecified atom stereocenters. The van der Waals surface area contributed by atoms with Crippen molar-refractivity contribution in [3.05, 3.63) is 32.8 Å². The number of ether oxygens (including phenoxy) is 1. The number of halogens is 1. The molecule has 10 nitrogen and oxygen atoms in total. The minimum Gasteiger partial charge on any atom is -0.502 e. The number of aliphatic hydroxyl groups is 4. The van der Waals surface area contributed by atoms with Crippen molar-refractivity contribution in [1.29, 1.82) is 0 Å². The normalized spacial score (nSPS) is 30.6. The number of nitro benzene ring substituents is 1. The first-order valence-corrected chi connectivity index (χ1v) is 7.14. The number of hydrogen-bond donors (Lipinski definition) is 5. The van der Waals surface area contributed by atoms with Crippen molar-refractivity contribution in [2.75, 3.05) is 6.61 Å². The van der Waals surface area contributed by atoms with Gasteiger partial charge in [-0.3, -0.25) is 15.1 Å². The Bertz CT molecular complexity index is 655. The van der Waals surface area contributed by atoms with Gasteiger partial charge in [0.25, 0.3) is 0 Å². The number of aromatic hydroxyl groups is 1. The quantitative estimate of drug-likeness (QED) is 0.263. The summed E-state index contributed by atoms with van der Waals surface area (Å²) in [5.74, 6) is -0.692. The molecule has 0 aromatic heterocycles. The average Bonchev–Trinajstić information content (AvgIpc) is 2.53. The molecular weight excluding hydrogens is 348 g/mol. The first kappa shape index (κ1) is 18.5. The van der Waals surface area contributed by atoms with Crippen LogP contribution in [0.25, 0.3) is 0 Å². The third kappa shape index (κ3) is 3.64. The molecule has 0 bridgehead atoms. The second-order valence-corrected chi connectivity index (χ2v) is 5.55. The van der Waals surface area contributed by atoms with Crippen LogP contribution in [0.3, 0.4) is 0 Å². The van der Waals surface area contributed by atoms with E-state index >= 15 is 0 Å². The molecule has 0 radical (unpaired) electrons. The predicted molar refractivity (Wildman–Crippen MR) is 81.1 cm³/mol. The van der Waals surface area contributed by atoms with Crippen molar-refractivity contribution < 1.29 is 35.2 Å². The molecule has 5 N–H and O–H groups in total. The number of benzene rings is 1. The summed E-state index contributed by atoms with van der Waals surface area (Å²) in [6.07, 6.45) is -4.91. The molecule has 2 rings (SSSR count). The van der Waals surface area contributed by atoms with Crippen LogP contribution in [0.5, 0.6) is 5.75 Å². The average molecular weight is 363 g/mol. The van der Waals surface area contributed by atoms with Crippen LogP contribution in [-0.4, -0.2) is 73.9 Å². The summed E-state index contributed by atoms with van der Waals surface area (Å²) in [5, 5.41) is 59.1. The lowest BCUT2D eigenvalue weighted by Gasteiger charge is -2.38. The third-order valence-corrected chi connectivity index (χ3v) is 3.75. The molecule has 132 valence electrons. The lowest BCUT2D eigenvalue weighted by atomic mass is 9.97. The fourth-order valence-corrected chi connectivity index (χ4v) is 2.47. The van der Waals surface area contributed by atoms with Crippen LogP contribution >= 0.6 is 11.6 Å². The summed E-state index contributed by atoms with van der Waals surface area (Å²) in [4.78, 5) is 13.8. The van der Waals surface area contributed by atoms with Gasteiger partial charge in [-0.15, -0.1) is 0 Å². The molecule has 1 fully saturated rings. The summed E-state index contributed by atoms with van der Waals surface area (Å²) in [6.45, 7) is -0.618. The maximum Gasteiger partial charge on any atom is 0.312 e. The Balaban J connectivity index is 2.29. The van der Waals surface area contributed by atoms with Crippen LogP contribution in [0.2, 0.25) is 5.02 Å². The minimum absolute atomic E-state index is 0.0256. The number of hydrogen-bond acceptors (Lipinski definition) is 9. The first-order chi connectivity index (χ1) is 11.3. The van der Waals surface area contributed by atoms with Gasteiger partial charge < -0.3 is 30.3 Å². The monoisotopic (exact) mass is 362 g/mol. The highest BCUT2D eigenvalue weighted by molar-refractivity contribution is 6.31. The number of rotatable bonds is 4. The fourth-order valence-electron chi connectivity index (χ4n) is 2.25. The van der Waals surface area contributed by atoms with Crippen LogP contribution < -0.4 is 0 Å². The summed E-state index contributed by atoms with van der Waals surface area (Å²) < 4.78 is 4.92. The molecule has 5 atom stereocenters. The fraction of sp³-hybridized carbons (Fsp3) is 0.462. The molecule has 0 aliphatic carbocycles. The van der Waals surface area contributed by atoms with Gasteiger partial charge in [-0.25, -0.2) is 0 Å². The van der Waals surface area contributed by atoms with E-state index in [1.807, 2.05) is 0 Å². The van der Waals surface area contributed by atoms with E-state index in [0.717, 1.165) is 12.3 Å². The van der Waals surface area contributed by atoms with Crippen molar-refractivity contribution >= 4 is 23.5 Å². The number of aliphatic imine (C=N–C) groups is 1. The number of nitro groups is 1. The molecular formula is C13H15ClN2O8. The Kier molecular flexibility index (Phi) is 5.70. The third-order valence-electron chi connectivity index (χ3n) is 3.53. The van der Waals surface area contributed by atoms with Gasteiger partial charge in [0.15, 0.2) is 6.29 Å².